The molecule has 0 spiro atoms. The summed E-state index contributed by atoms with van der Waals surface area (Å²) in [5.41, 5.74) is 0.318. The molecule has 0 atom stereocenters. The summed E-state index contributed by atoms with van der Waals surface area (Å²) in [5, 5.41) is 6.39. The molecule has 0 aliphatic heterocycles. The van der Waals surface area contributed by atoms with Crippen molar-refractivity contribution in [3.8, 4) is 0 Å². The molecule has 152 valence electrons. The van der Waals surface area contributed by atoms with Crippen LogP contribution in [0.15, 0.2) is 53.7 Å². The van der Waals surface area contributed by atoms with Gasteiger partial charge in [0.2, 0.25) is 11.9 Å². The number of halogens is 2. The zero-order valence-corrected chi connectivity index (χ0v) is 15.9. The molecule has 12 heteroatoms. The second-order valence-electron chi connectivity index (χ2n) is 5.92. The van der Waals surface area contributed by atoms with Gasteiger partial charge in [-0.1, -0.05) is 0 Å². The van der Waals surface area contributed by atoms with Crippen LogP contribution < -0.4 is 10.0 Å². The molecule has 0 saturated carbocycles. The molecule has 0 fully saturated rings. The number of anilines is 2. The van der Waals surface area contributed by atoms with Crippen LogP contribution in [0.4, 0.5) is 20.4 Å². The number of sulfonamides is 1. The van der Waals surface area contributed by atoms with E-state index in [1.54, 1.807) is 13.0 Å². The molecule has 0 unspecified atom stereocenters. The molecule has 2 N–H and O–H groups in total. The maximum absolute atomic E-state index is 13.0. The lowest BCUT2D eigenvalue weighted by Gasteiger charge is -2.09. The van der Waals surface area contributed by atoms with E-state index in [2.05, 4.69) is 25.1 Å². The lowest BCUT2D eigenvalue weighted by molar-refractivity contribution is -0.117. The predicted molar refractivity (Wildman–Crippen MR) is 99.8 cm³/mol. The van der Waals surface area contributed by atoms with Crippen LogP contribution in [0.1, 0.15) is 17.8 Å². The molecule has 1 amide bonds. The van der Waals surface area contributed by atoms with Crippen molar-refractivity contribution in [1.29, 1.82) is 0 Å². The second kappa shape index (κ2) is 8.31. The number of hydrogen-bond acceptors (Lipinski definition) is 6. The minimum atomic E-state index is -3.90. The summed E-state index contributed by atoms with van der Waals surface area (Å²) in [6.07, 6.45) is 0.0308. The Balaban J connectivity index is 1.67. The number of aromatic nitrogens is 4. The van der Waals surface area contributed by atoms with Gasteiger partial charge in [-0.2, -0.15) is 5.10 Å². The zero-order valence-electron chi connectivity index (χ0n) is 15.1. The number of benzene rings is 1. The van der Waals surface area contributed by atoms with E-state index < -0.39 is 28.9 Å². The molecule has 3 rings (SSSR count). The van der Waals surface area contributed by atoms with E-state index in [0.29, 0.717) is 11.4 Å². The van der Waals surface area contributed by atoms with Crippen LogP contribution in [0.25, 0.3) is 0 Å². The van der Waals surface area contributed by atoms with Crippen LogP contribution in [0.3, 0.4) is 0 Å². The molecule has 0 radical (unpaired) electrons. The average Bonchev–Trinajstić information content (AvgIpc) is 3.03. The average molecular weight is 422 g/mol. The first-order chi connectivity index (χ1) is 13.7. The molecule has 3 aromatic rings. The first kappa shape index (κ1) is 20.3. The predicted octanol–water partition coefficient (Wildman–Crippen LogP) is 2.36. The Morgan fingerprint density at radius 2 is 1.83 bits per heavy atom. The van der Waals surface area contributed by atoms with E-state index in [9.17, 15) is 22.0 Å². The molecule has 2 heterocycles. The van der Waals surface area contributed by atoms with Gasteiger partial charge in [0.1, 0.15) is 12.2 Å². The van der Waals surface area contributed by atoms with Crippen molar-refractivity contribution in [3.05, 3.63) is 60.2 Å². The van der Waals surface area contributed by atoms with Crippen molar-refractivity contribution >= 4 is 27.6 Å². The fourth-order valence-electron chi connectivity index (χ4n) is 2.45. The van der Waals surface area contributed by atoms with Crippen molar-refractivity contribution in [2.24, 2.45) is 0 Å². The maximum atomic E-state index is 13.0. The van der Waals surface area contributed by atoms with Crippen LogP contribution in [-0.4, -0.2) is 34.1 Å². The van der Waals surface area contributed by atoms with Crippen molar-refractivity contribution in [1.82, 2.24) is 19.7 Å². The zero-order chi connectivity index (χ0) is 21.0. The highest BCUT2D eigenvalue weighted by atomic mass is 32.2. The molecule has 0 aliphatic rings. The Morgan fingerprint density at radius 3 is 2.45 bits per heavy atom. The standard InChI is InChI=1S/C17H16F2N6O3S/c1-11-9-14(16(18)19)25(23-11)10-15(26)22-12-3-5-13(6-4-12)29(27,28)24-17-20-7-2-8-21-17/h2-9,16H,10H2,1H3,(H,22,26)(H,20,21,24). The van der Waals surface area contributed by atoms with Gasteiger partial charge in [-0.05, 0) is 43.3 Å². The maximum Gasteiger partial charge on any atom is 0.280 e. The Labute approximate surface area is 164 Å². The largest absolute Gasteiger partial charge is 0.324 e. The number of aryl methyl sites for hydroxylation is 1. The van der Waals surface area contributed by atoms with E-state index in [1.165, 1.54) is 42.7 Å². The molecule has 9 nitrogen and oxygen atoms in total. The minimum Gasteiger partial charge on any atom is -0.324 e. The summed E-state index contributed by atoms with van der Waals surface area (Å²) in [5.74, 6) is -0.657. The third-order valence-electron chi connectivity index (χ3n) is 3.69. The summed E-state index contributed by atoms with van der Waals surface area (Å²) < 4.78 is 53.7. The Bertz CT molecular complexity index is 1100. The number of carbonyl (C=O) groups excluding carboxylic acids is 1. The van der Waals surface area contributed by atoms with E-state index in [4.69, 9.17) is 0 Å². The molecular weight excluding hydrogens is 406 g/mol. The van der Waals surface area contributed by atoms with Gasteiger partial charge in [-0.25, -0.2) is 31.9 Å². The quantitative estimate of drug-likeness (QED) is 0.603. The first-order valence-corrected chi connectivity index (χ1v) is 9.75. The Kier molecular flexibility index (Phi) is 5.82. The Morgan fingerprint density at radius 1 is 1.17 bits per heavy atom. The summed E-state index contributed by atoms with van der Waals surface area (Å²) in [6, 6.07) is 8.07. The van der Waals surface area contributed by atoms with Gasteiger partial charge >= 0.3 is 0 Å². The number of nitrogens with one attached hydrogen (secondary N) is 2. The summed E-state index contributed by atoms with van der Waals surface area (Å²) in [6.45, 7) is 1.15. The van der Waals surface area contributed by atoms with Gasteiger partial charge in [0.25, 0.3) is 16.4 Å². The minimum absolute atomic E-state index is 0.0642. The first-order valence-electron chi connectivity index (χ1n) is 8.27. The molecule has 0 aliphatic carbocycles. The SMILES string of the molecule is Cc1cc(C(F)F)n(CC(=O)Nc2ccc(S(=O)(=O)Nc3ncccn3)cc2)n1. The van der Waals surface area contributed by atoms with Gasteiger partial charge in [0, 0.05) is 18.1 Å². The van der Waals surface area contributed by atoms with E-state index in [-0.39, 0.29) is 16.5 Å². The number of rotatable bonds is 7. The van der Waals surface area contributed by atoms with Crippen LogP contribution >= 0.6 is 0 Å². The van der Waals surface area contributed by atoms with E-state index in [0.717, 1.165) is 4.68 Å². The lowest BCUT2D eigenvalue weighted by Crippen LogP contribution is -2.21. The van der Waals surface area contributed by atoms with Gasteiger partial charge in [-0.3, -0.25) is 9.48 Å². The third kappa shape index (κ3) is 5.10. The van der Waals surface area contributed by atoms with Crippen molar-refractivity contribution in [2.45, 2.75) is 24.8 Å². The van der Waals surface area contributed by atoms with Gasteiger partial charge < -0.3 is 5.32 Å². The van der Waals surface area contributed by atoms with E-state index in [1.807, 2.05) is 0 Å². The molecule has 29 heavy (non-hydrogen) atoms. The van der Waals surface area contributed by atoms with Crippen molar-refractivity contribution in [2.75, 3.05) is 10.0 Å². The van der Waals surface area contributed by atoms with E-state index >= 15 is 0 Å². The summed E-state index contributed by atoms with van der Waals surface area (Å²) in [7, 11) is -3.90. The summed E-state index contributed by atoms with van der Waals surface area (Å²) >= 11 is 0. The van der Waals surface area contributed by atoms with Crippen LogP contribution in [0, 0.1) is 6.92 Å². The normalized spacial score (nSPS) is 11.4. The van der Waals surface area contributed by atoms with Crippen molar-refractivity contribution < 1.29 is 22.0 Å². The smallest absolute Gasteiger partial charge is 0.280 e. The van der Waals surface area contributed by atoms with Crippen LogP contribution in [-0.2, 0) is 21.4 Å². The highest BCUT2D eigenvalue weighted by Gasteiger charge is 2.18. The van der Waals surface area contributed by atoms with Crippen LogP contribution in [0.2, 0.25) is 0 Å². The number of carbonyl (C=O) groups is 1. The second-order valence-corrected chi connectivity index (χ2v) is 7.60. The fourth-order valence-corrected chi connectivity index (χ4v) is 3.41. The Hall–Kier alpha value is -3.41. The highest BCUT2D eigenvalue weighted by molar-refractivity contribution is 7.92. The molecular formula is C17H16F2N6O3S. The van der Waals surface area contributed by atoms with Crippen LogP contribution in [0.5, 0.6) is 0 Å². The summed E-state index contributed by atoms with van der Waals surface area (Å²) in [4.78, 5) is 19.6. The number of nitrogens with zero attached hydrogens (tertiary/aromatic N) is 4. The third-order valence-corrected chi connectivity index (χ3v) is 5.03. The van der Waals surface area contributed by atoms with Crippen molar-refractivity contribution in [3.63, 3.8) is 0 Å². The highest BCUT2D eigenvalue weighted by Crippen LogP contribution is 2.20. The fraction of sp³-hybridized carbons (Fsp3) is 0.176. The molecule has 0 saturated heterocycles. The van der Waals surface area contributed by atoms with Gasteiger partial charge in [-0.15, -0.1) is 0 Å². The number of alkyl halides is 2. The molecule has 0 bridgehead atoms. The number of amides is 1. The monoisotopic (exact) mass is 422 g/mol. The topological polar surface area (TPSA) is 119 Å². The lowest BCUT2D eigenvalue weighted by atomic mass is 10.3. The molecule has 1 aromatic carbocycles. The number of hydrogen-bond donors (Lipinski definition) is 2. The van der Waals surface area contributed by atoms with Gasteiger partial charge in [0.05, 0.1) is 10.6 Å². The molecule has 2 aromatic heterocycles. The van der Waals surface area contributed by atoms with Gasteiger partial charge in [0.15, 0.2) is 0 Å².